The zero-order valence-corrected chi connectivity index (χ0v) is 66.4. The average molecular weight is 1450 g/mol. The van der Waals surface area contributed by atoms with E-state index in [1.165, 1.54) is 250 Å². The zero-order chi connectivity index (χ0) is 72.7. The number of aliphatic hydroxyl groups excluding tert-OH is 1. The Morgan fingerprint density at radius 2 is 0.465 bits per heavy atom. The summed E-state index contributed by atoms with van der Waals surface area (Å²) in [6.07, 6.45) is 63.8. The summed E-state index contributed by atoms with van der Waals surface area (Å²) in [6.45, 7) is 7.33. The molecule has 19 heteroatoms. The first-order valence-corrected chi connectivity index (χ1v) is 44.6. The van der Waals surface area contributed by atoms with Crippen molar-refractivity contribution in [1.82, 2.24) is 0 Å². The van der Waals surface area contributed by atoms with Gasteiger partial charge in [-0.25, -0.2) is 9.13 Å². The van der Waals surface area contributed by atoms with Crippen LogP contribution in [0.5, 0.6) is 0 Å². The molecule has 0 aromatic rings. The van der Waals surface area contributed by atoms with Crippen molar-refractivity contribution in [2.24, 2.45) is 5.92 Å². The molecule has 0 aliphatic carbocycles. The number of carbonyl (C=O) groups excluding carboxylic acids is 4. The highest BCUT2D eigenvalue weighted by atomic mass is 31.2. The van der Waals surface area contributed by atoms with Gasteiger partial charge >= 0.3 is 39.5 Å². The molecule has 99 heavy (non-hydrogen) atoms. The predicted octanol–water partition coefficient (Wildman–Crippen LogP) is 24.0. The maximum Gasteiger partial charge on any atom is 0.472 e. The van der Waals surface area contributed by atoms with E-state index >= 15 is 0 Å². The summed E-state index contributed by atoms with van der Waals surface area (Å²) in [5.74, 6) is -1.31. The topological polar surface area (TPSA) is 237 Å². The number of hydrogen-bond donors (Lipinski definition) is 3. The minimum atomic E-state index is -4.96. The van der Waals surface area contributed by atoms with Crippen molar-refractivity contribution in [2.45, 2.75) is 445 Å². The second-order valence-electron chi connectivity index (χ2n) is 29.3. The molecule has 17 nitrogen and oxygen atoms in total. The SMILES string of the molecule is CCCCCCCCCCCCCCCCCCCC(=O)OC[C@H](COP(=O)(O)OC[C@@H](O)COP(=O)(O)OC[C@@H](COC(=O)CCCCCCCCCC)OC(=O)CCCCCCCCCCCCCCCCCCC)OC(=O)CCCCCCCCCCCCCCCCC(C)C. The van der Waals surface area contributed by atoms with Gasteiger partial charge in [-0.15, -0.1) is 0 Å². The van der Waals surface area contributed by atoms with Crippen molar-refractivity contribution < 1.29 is 80.2 Å². The maximum atomic E-state index is 13.1. The smallest absolute Gasteiger partial charge is 0.462 e. The van der Waals surface area contributed by atoms with Gasteiger partial charge in [0.25, 0.3) is 0 Å². The van der Waals surface area contributed by atoms with Gasteiger partial charge in [0.15, 0.2) is 12.2 Å². The number of carbonyl (C=O) groups is 4. The number of phosphoric ester groups is 2. The molecular formula is C80H156O17P2. The van der Waals surface area contributed by atoms with Crippen LogP contribution >= 0.6 is 15.6 Å². The van der Waals surface area contributed by atoms with Gasteiger partial charge in [-0.2, -0.15) is 0 Å². The molecule has 0 aromatic heterocycles. The van der Waals surface area contributed by atoms with Crippen molar-refractivity contribution in [3.05, 3.63) is 0 Å². The van der Waals surface area contributed by atoms with Crippen LogP contribution in [-0.2, 0) is 65.4 Å². The van der Waals surface area contributed by atoms with E-state index in [0.717, 1.165) is 95.8 Å². The molecule has 0 aliphatic heterocycles. The van der Waals surface area contributed by atoms with Crippen LogP contribution in [0.25, 0.3) is 0 Å². The van der Waals surface area contributed by atoms with E-state index in [-0.39, 0.29) is 25.7 Å². The summed E-state index contributed by atoms with van der Waals surface area (Å²) in [5, 5.41) is 10.6. The standard InChI is InChI=1S/C80H156O17P2/c1-6-9-12-15-18-21-23-25-27-29-31-36-40-44-49-54-59-64-78(83)91-70-76(97-80(85)66-61-56-51-46-42-38-34-33-35-39-43-47-52-57-62-73(4)5)72-95-99(88,89)93-68-74(81)67-92-98(86,87)94-71-75(69-90-77(82)63-58-53-48-20-17-14-11-8-3)96-79(84)65-60-55-50-45-41-37-32-30-28-26-24-22-19-16-13-10-7-2/h73-76,81H,6-72H2,1-5H3,(H,86,87)(H,88,89)/t74-,75+,76+/m0/s1. The molecule has 2 unspecified atom stereocenters. The van der Waals surface area contributed by atoms with Gasteiger partial charge in [-0.3, -0.25) is 37.3 Å². The zero-order valence-electron chi connectivity index (χ0n) is 64.6. The highest BCUT2D eigenvalue weighted by Crippen LogP contribution is 2.45. The quantitative estimate of drug-likeness (QED) is 0.0222. The highest BCUT2D eigenvalue weighted by Gasteiger charge is 2.30. The number of unbranched alkanes of at least 4 members (excludes halogenated alkanes) is 52. The Morgan fingerprint density at radius 3 is 0.687 bits per heavy atom. The third kappa shape index (κ3) is 74.1. The molecular weight excluding hydrogens is 1290 g/mol. The molecule has 0 amide bonds. The van der Waals surface area contributed by atoms with E-state index in [4.69, 9.17) is 37.0 Å². The number of ether oxygens (including phenoxy) is 4. The lowest BCUT2D eigenvalue weighted by molar-refractivity contribution is -0.161. The van der Waals surface area contributed by atoms with Crippen molar-refractivity contribution in [1.29, 1.82) is 0 Å². The number of esters is 4. The molecule has 0 heterocycles. The maximum absolute atomic E-state index is 13.1. The lowest BCUT2D eigenvalue weighted by atomic mass is 10.0. The van der Waals surface area contributed by atoms with Crippen molar-refractivity contribution in [3.8, 4) is 0 Å². The van der Waals surface area contributed by atoms with Gasteiger partial charge in [0, 0.05) is 25.7 Å². The second kappa shape index (κ2) is 73.0. The molecule has 0 rings (SSSR count). The van der Waals surface area contributed by atoms with Gasteiger partial charge in [-0.1, -0.05) is 375 Å². The van der Waals surface area contributed by atoms with E-state index in [1.807, 2.05) is 0 Å². The largest absolute Gasteiger partial charge is 0.472 e. The predicted molar refractivity (Wildman–Crippen MR) is 405 cm³/mol. The number of aliphatic hydroxyl groups is 1. The molecule has 0 spiro atoms. The number of phosphoric acid groups is 2. The molecule has 0 fully saturated rings. The number of rotatable bonds is 80. The molecule has 0 saturated carbocycles. The first kappa shape index (κ1) is 97.1. The Kier molecular flexibility index (Phi) is 71.6. The summed E-state index contributed by atoms with van der Waals surface area (Å²) in [5.41, 5.74) is 0. The molecule has 0 bridgehead atoms. The molecule has 0 aromatic carbocycles. The van der Waals surface area contributed by atoms with Crippen molar-refractivity contribution >= 4 is 39.5 Å². The van der Waals surface area contributed by atoms with Gasteiger partial charge in [-0.05, 0) is 31.6 Å². The van der Waals surface area contributed by atoms with Crippen LogP contribution in [0.2, 0.25) is 0 Å². The minimum Gasteiger partial charge on any atom is -0.462 e. The van der Waals surface area contributed by atoms with Crippen LogP contribution in [0.15, 0.2) is 0 Å². The van der Waals surface area contributed by atoms with Crippen molar-refractivity contribution in [3.63, 3.8) is 0 Å². The average Bonchev–Trinajstić information content (AvgIpc) is 1.71. The summed E-state index contributed by atoms with van der Waals surface area (Å²) in [4.78, 5) is 72.9. The first-order chi connectivity index (χ1) is 48.0. The summed E-state index contributed by atoms with van der Waals surface area (Å²) in [7, 11) is -9.91. The molecule has 5 atom stereocenters. The summed E-state index contributed by atoms with van der Waals surface area (Å²) >= 11 is 0. The van der Waals surface area contributed by atoms with E-state index in [1.54, 1.807) is 0 Å². The Morgan fingerprint density at radius 1 is 0.273 bits per heavy atom. The molecule has 0 aliphatic rings. The third-order valence-electron chi connectivity index (χ3n) is 18.8. The summed E-state index contributed by atoms with van der Waals surface area (Å²) < 4.78 is 68.6. The van der Waals surface area contributed by atoms with Crippen LogP contribution in [0.4, 0.5) is 0 Å². The fourth-order valence-corrected chi connectivity index (χ4v) is 14.0. The van der Waals surface area contributed by atoms with Gasteiger partial charge in [0.1, 0.15) is 19.3 Å². The van der Waals surface area contributed by atoms with E-state index in [9.17, 15) is 43.2 Å². The highest BCUT2D eigenvalue weighted by molar-refractivity contribution is 7.47. The lowest BCUT2D eigenvalue weighted by Gasteiger charge is -2.21. The Balaban J connectivity index is 5.20. The van der Waals surface area contributed by atoms with Crippen LogP contribution in [0.3, 0.4) is 0 Å². The molecule has 0 radical (unpaired) electrons. The monoisotopic (exact) mass is 1450 g/mol. The second-order valence-corrected chi connectivity index (χ2v) is 32.2. The van der Waals surface area contributed by atoms with E-state index in [2.05, 4.69) is 34.6 Å². The molecule has 3 N–H and O–H groups in total. The summed E-state index contributed by atoms with van der Waals surface area (Å²) in [6, 6.07) is 0. The number of hydrogen-bond acceptors (Lipinski definition) is 15. The van der Waals surface area contributed by atoms with Crippen molar-refractivity contribution in [2.75, 3.05) is 39.6 Å². The third-order valence-corrected chi connectivity index (χ3v) is 20.7. The van der Waals surface area contributed by atoms with Gasteiger partial charge in [0.05, 0.1) is 26.4 Å². The fraction of sp³-hybridized carbons (Fsp3) is 0.950. The normalized spacial score (nSPS) is 13.9. The van der Waals surface area contributed by atoms with E-state index < -0.39 is 97.5 Å². The Hall–Kier alpha value is -1.94. The van der Waals surface area contributed by atoms with Crippen LogP contribution in [0.1, 0.15) is 426 Å². The van der Waals surface area contributed by atoms with Gasteiger partial charge in [0.2, 0.25) is 0 Å². The Labute approximate surface area is 607 Å². The molecule has 588 valence electrons. The van der Waals surface area contributed by atoms with Crippen LogP contribution < -0.4 is 0 Å². The minimum absolute atomic E-state index is 0.108. The fourth-order valence-electron chi connectivity index (χ4n) is 12.4. The Bertz CT molecular complexity index is 1890. The van der Waals surface area contributed by atoms with Gasteiger partial charge < -0.3 is 33.8 Å². The van der Waals surface area contributed by atoms with E-state index in [0.29, 0.717) is 25.7 Å². The molecule has 0 saturated heterocycles. The first-order valence-electron chi connectivity index (χ1n) is 41.6. The van der Waals surface area contributed by atoms with Crippen LogP contribution in [0, 0.1) is 5.92 Å². The lowest BCUT2D eigenvalue weighted by Crippen LogP contribution is -2.30. The van der Waals surface area contributed by atoms with Crippen LogP contribution in [-0.4, -0.2) is 96.7 Å².